The van der Waals surface area contributed by atoms with E-state index in [9.17, 15) is 18.0 Å². The topological polar surface area (TPSA) is 105 Å². The number of hydrogen-bond acceptors (Lipinski definition) is 6. The Morgan fingerprint density at radius 3 is 2.44 bits per heavy atom. The van der Waals surface area contributed by atoms with Crippen molar-refractivity contribution < 1.29 is 27.5 Å². The molecule has 0 saturated carbocycles. The van der Waals surface area contributed by atoms with Crippen LogP contribution < -0.4 is 19.7 Å². The number of nitrogens with zero attached hydrogens (tertiary/aromatic N) is 2. The Balaban J connectivity index is 1.23. The van der Waals surface area contributed by atoms with Gasteiger partial charge in [0.1, 0.15) is 11.5 Å². The Bertz CT molecular complexity index is 1460. The molecular formula is C28H28ClN3O6S. The van der Waals surface area contributed by atoms with E-state index in [4.69, 9.17) is 21.1 Å². The molecule has 0 aromatic heterocycles. The van der Waals surface area contributed by atoms with Crippen molar-refractivity contribution in [3.63, 3.8) is 0 Å². The lowest BCUT2D eigenvalue weighted by molar-refractivity contribution is -0.121. The van der Waals surface area contributed by atoms with E-state index in [1.165, 1.54) is 28.6 Å². The summed E-state index contributed by atoms with van der Waals surface area (Å²) in [5.74, 6) is 0.653. The van der Waals surface area contributed by atoms with Crippen LogP contribution in [0.4, 0.5) is 11.4 Å². The molecule has 3 aromatic carbocycles. The molecule has 0 aliphatic carbocycles. The molecule has 0 bridgehead atoms. The lowest BCUT2D eigenvalue weighted by atomic mass is 10.1. The van der Waals surface area contributed by atoms with E-state index in [0.29, 0.717) is 66.1 Å². The minimum Gasteiger partial charge on any atom is -0.494 e. The maximum atomic E-state index is 12.9. The highest BCUT2D eigenvalue weighted by molar-refractivity contribution is 7.89. The summed E-state index contributed by atoms with van der Waals surface area (Å²) >= 11 is 5.90. The molecule has 2 heterocycles. The summed E-state index contributed by atoms with van der Waals surface area (Å²) in [5, 5.41) is 3.45. The first kappa shape index (κ1) is 27.0. The van der Waals surface area contributed by atoms with Gasteiger partial charge in [-0.15, -0.1) is 0 Å². The number of carbonyl (C=O) groups excluding carboxylic acids is 2. The SMILES string of the molecule is O=C(Nc1ccc2c(c1)N(CCCOc1ccc(Cl)cc1)C(=O)CO2)c1ccc(S(=O)(=O)N2CCCC2)cc1. The molecule has 11 heteroatoms. The average molecular weight is 570 g/mol. The molecule has 39 heavy (non-hydrogen) atoms. The van der Waals surface area contributed by atoms with E-state index in [1.807, 2.05) is 0 Å². The highest BCUT2D eigenvalue weighted by Crippen LogP contribution is 2.35. The first-order valence-corrected chi connectivity index (χ1v) is 14.5. The fourth-order valence-corrected chi connectivity index (χ4v) is 6.17. The van der Waals surface area contributed by atoms with Crippen molar-refractivity contribution in [2.24, 2.45) is 0 Å². The fraction of sp³-hybridized carbons (Fsp3) is 0.286. The lowest BCUT2D eigenvalue weighted by Crippen LogP contribution is -2.39. The number of carbonyl (C=O) groups is 2. The molecule has 0 unspecified atom stereocenters. The molecule has 204 valence electrons. The summed E-state index contributed by atoms with van der Waals surface area (Å²) in [6.45, 7) is 1.78. The van der Waals surface area contributed by atoms with Crippen LogP contribution in [0.2, 0.25) is 5.02 Å². The van der Waals surface area contributed by atoms with Gasteiger partial charge in [0.25, 0.3) is 11.8 Å². The maximum absolute atomic E-state index is 12.9. The lowest BCUT2D eigenvalue weighted by Gasteiger charge is -2.30. The minimum absolute atomic E-state index is 0.0660. The smallest absolute Gasteiger partial charge is 0.265 e. The number of halogens is 1. The third-order valence-corrected chi connectivity index (χ3v) is 8.75. The normalized spacial score (nSPS) is 15.5. The molecular weight excluding hydrogens is 542 g/mol. The van der Waals surface area contributed by atoms with Crippen LogP contribution in [0.5, 0.6) is 11.5 Å². The summed E-state index contributed by atoms with van der Waals surface area (Å²) in [4.78, 5) is 27.3. The Labute approximate surface area is 232 Å². The number of amides is 2. The van der Waals surface area contributed by atoms with Crippen molar-refractivity contribution in [3.05, 3.63) is 77.3 Å². The van der Waals surface area contributed by atoms with Crippen molar-refractivity contribution in [3.8, 4) is 11.5 Å². The number of fused-ring (bicyclic) bond motifs is 1. The van der Waals surface area contributed by atoms with Crippen LogP contribution in [-0.2, 0) is 14.8 Å². The standard InChI is InChI=1S/C28H28ClN3O6S/c29-21-6-9-23(10-7-21)37-17-3-16-32-25-18-22(8-13-26(25)38-19-27(32)33)30-28(34)20-4-11-24(12-5-20)39(35,36)31-14-1-2-15-31/h4-13,18H,1-3,14-17,19H2,(H,30,34). The van der Waals surface area contributed by atoms with Crippen LogP contribution in [0.1, 0.15) is 29.6 Å². The van der Waals surface area contributed by atoms with E-state index in [-0.39, 0.29) is 17.4 Å². The van der Waals surface area contributed by atoms with Crippen LogP contribution in [0.25, 0.3) is 0 Å². The van der Waals surface area contributed by atoms with Gasteiger partial charge in [-0.2, -0.15) is 4.31 Å². The predicted octanol–water partition coefficient (Wildman–Crippen LogP) is 4.57. The summed E-state index contributed by atoms with van der Waals surface area (Å²) in [6, 6.07) is 18.1. The molecule has 1 saturated heterocycles. The predicted molar refractivity (Wildman–Crippen MR) is 148 cm³/mol. The van der Waals surface area contributed by atoms with Gasteiger partial charge in [-0.3, -0.25) is 9.59 Å². The second-order valence-electron chi connectivity index (χ2n) is 9.26. The Morgan fingerprint density at radius 2 is 1.72 bits per heavy atom. The highest BCUT2D eigenvalue weighted by Gasteiger charge is 2.28. The van der Waals surface area contributed by atoms with Crippen LogP contribution in [0.15, 0.2) is 71.6 Å². The Morgan fingerprint density at radius 1 is 1.00 bits per heavy atom. The molecule has 5 rings (SSSR count). The zero-order valence-corrected chi connectivity index (χ0v) is 22.7. The molecule has 2 amide bonds. The zero-order valence-electron chi connectivity index (χ0n) is 21.1. The van der Waals surface area contributed by atoms with Crippen molar-refractivity contribution >= 4 is 44.8 Å². The van der Waals surface area contributed by atoms with Gasteiger partial charge in [0.15, 0.2) is 6.61 Å². The molecule has 1 fully saturated rings. The van der Waals surface area contributed by atoms with Crippen molar-refractivity contribution in [2.45, 2.75) is 24.2 Å². The zero-order chi connectivity index (χ0) is 27.4. The molecule has 2 aliphatic rings. The van der Waals surface area contributed by atoms with Crippen LogP contribution in [0, 0.1) is 0 Å². The largest absolute Gasteiger partial charge is 0.494 e. The monoisotopic (exact) mass is 569 g/mol. The van der Waals surface area contributed by atoms with E-state index < -0.39 is 15.9 Å². The second-order valence-corrected chi connectivity index (χ2v) is 11.6. The van der Waals surface area contributed by atoms with Gasteiger partial charge >= 0.3 is 0 Å². The van der Waals surface area contributed by atoms with E-state index >= 15 is 0 Å². The van der Waals surface area contributed by atoms with Crippen LogP contribution in [0.3, 0.4) is 0 Å². The quantitative estimate of drug-likeness (QED) is 0.378. The molecule has 9 nitrogen and oxygen atoms in total. The van der Waals surface area contributed by atoms with E-state index in [2.05, 4.69) is 5.32 Å². The first-order chi connectivity index (χ1) is 18.8. The van der Waals surface area contributed by atoms with E-state index in [0.717, 1.165) is 12.8 Å². The Kier molecular flexibility index (Phi) is 8.06. The number of benzene rings is 3. The third kappa shape index (κ3) is 6.19. The number of nitrogens with one attached hydrogen (secondary N) is 1. The minimum atomic E-state index is -3.55. The molecule has 1 N–H and O–H groups in total. The number of ether oxygens (including phenoxy) is 2. The highest BCUT2D eigenvalue weighted by atomic mass is 35.5. The van der Waals surface area contributed by atoms with Crippen molar-refractivity contribution in [1.29, 1.82) is 0 Å². The molecule has 0 spiro atoms. The third-order valence-electron chi connectivity index (χ3n) is 6.59. The van der Waals surface area contributed by atoms with Crippen molar-refractivity contribution in [1.82, 2.24) is 4.31 Å². The molecule has 2 aliphatic heterocycles. The van der Waals surface area contributed by atoms with Gasteiger partial charge < -0.3 is 19.7 Å². The molecule has 3 aromatic rings. The summed E-state index contributed by atoms with van der Waals surface area (Å²) in [5.41, 5.74) is 1.35. The average Bonchev–Trinajstić information content (AvgIpc) is 3.49. The molecule has 0 atom stereocenters. The number of hydrogen-bond donors (Lipinski definition) is 1. The van der Waals surface area contributed by atoms with Gasteiger partial charge in [-0.25, -0.2) is 8.42 Å². The van der Waals surface area contributed by atoms with Crippen LogP contribution in [-0.4, -0.2) is 57.4 Å². The number of sulfonamides is 1. The maximum Gasteiger partial charge on any atom is 0.265 e. The number of anilines is 2. The van der Waals surface area contributed by atoms with Gasteiger partial charge in [-0.05, 0) is 86.0 Å². The number of rotatable bonds is 9. The van der Waals surface area contributed by atoms with Gasteiger partial charge in [-0.1, -0.05) is 11.6 Å². The fourth-order valence-electron chi connectivity index (χ4n) is 4.53. The first-order valence-electron chi connectivity index (χ1n) is 12.7. The Hall–Kier alpha value is -3.60. The van der Waals surface area contributed by atoms with Gasteiger partial charge in [0, 0.05) is 35.9 Å². The second kappa shape index (κ2) is 11.6. The van der Waals surface area contributed by atoms with Gasteiger partial charge in [0.05, 0.1) is 17.2 Å². The molecule has 0 radical (unpaired) electrons. The van der Waals surface area contributed by atoms with Gasteiger partial charge in [0.2, 0.25) is 10.0 Å². The van der Waals surface area contributed by atoms with E-state index in [1.54, 1.807) is 47.4 Å². The van der Waals surface area contributed by atoms with Crippen LogP contribution >= 0.6 is 11.6 Å². The summed E-state index contributed by atoms with van der Waals surface area (Å²) in [6.07, 6.45) is 2.29. The van der Waals surface area contributed by atoms with Crippen molar-refractivity contribution in [2.75, 3.05) is 43.1 Å². The summed E-state index contributed by atoms with van der Waals surface area (Å²) < 4.78 is 38.3. The summed E-state index contributed by atoms with van der Waals surface area (Å²) in [7, 11) is -3.55.